The van der Waals surface area contributed by atoms with E-state index in [1.807, 2.05) is 0 Å². The van der Waals surface area contributed by atoms with Gasteiger partial charge in [-0.3, -0.25) is 20.1 Å². The molecule has 0 saturated carbocycles. The summed E-state index contributed by atoms with van der Waals surface area (Å²) >= 11 is 0. The maximum Gasteiger partial charge on any atom is 0.412 e. The van der Waals surface area contributed by atoms with Crippen molar-refractivity contribution in [3.05, 3.63) is 77.4 Å². The maximum atomic E-state index is 15.8. The molecule has 0 aliphatic rings. The topological polar surface area (TPSA) is 107 Å². The van der Waals surface area contributed by atoms with E-state index >= 15 is 4.39 Å². The van der Waals surface area contributed by atoms with Crippen molar-refractivity contribution >= 4 is 17.7 Å². The van der Waals surface area contributed by atoms with Gasteiger partial charge >= 0.3 is 6.09 Å². The number of carbonyl (C=O) groups excluding carboxylic acids is 2. The number of nitrogens with zero attached hydrogens (tertiary/aromatic N) is 2. The number of aromatic nitrogens is 2. The van der Waals surface area contributed by atoms with Crippen molar-refractivity contribution < 1.29 is 23.1 Å². The van der Waals surface area contributed by atoms with Gasteiger partial charge in [-0.05, 0) is 57.0 Å². The molecule has 34 heavy (non-hydrogen) atoms. The molecule has 1 aromatic carbocycles. The van der Waals surface area contributed by atoms with Crippen molar-refractivity contribution in [1.29, 1.82) is 0 Å². The molecule has 0 aliphatic heterocycles. The maximum absolute atomic E-state index is 15.8. The number of aryl methyl sites for hydroxylation is 1. The first-order valence-electron chi connectivity index (χ1n) is 10.7. The monoisotopic (exact) mass is 468 g/mol. The molecule has 3 rings (SSSR count). The molecule has 0 unspecified atom stereocenters. The number of amides is 2. The van der Waals surface area contributed by atoms with Gasteiger partial charge in [0.15, 0.2) is 5.82 Å². The van der Waals surface area contributed by atoms with Crippen LogP contribution in [0.25, 0.3) is 11.1 Å². The van der Waals surface area contributed by atoms with E-state index in [9.17, 15) is 14.0 Å². The quantitative estimate of drug-likeness (QED) is 0.519. The van der Waals surface area contributed by atoms with Crippen LogP contribution in [-0.4, -0.2) is 27.6 Å². The first kappa shape index (κ1) is 24.8. The number of nitrogens with one attached hydrogen (secondary N) is 1. The largest absolute Gasteiger partial charge is 0.444 e. The molecule has 3 N–H and O–H groups in total. The normalized spacial score (nSPS) is 11.2. The number of nitrogens with two attached hydrogens (primary N) is 1. The van der Waals surface area contributed by atoms with E-state index in [4.69, 9.17) is 10.5 Å². The van der Waals surface area contributed by atoms with Crippen molar-refractivity contribution in [1.82, 2.24) is 9.97 Å². The molecule has 3 aromatic rings. The minimum absolute atomic E-state index is 0.0413. The van der Waals surface area contributed by atoms with Gasteiger partial charge in [-0.15, -0.1) is 0 Å². The molecule has 178 valence electrons. The first-order valence-corrected chi connectivity index (χ1v) is 10.7. The number of benzene rings is 1. The van der Waals surface area contributed by atoms with Crippen LogP contribution in [0, 0.1) is 11.6 Å². The zero-order chi connectivity index (χ0) is 24.9. The Balaban J connectivity index is 2.10. The summed E-state index contributed by atoms with van der Waals surface area (Å²) in [5.74, 6) is -1.83. The average molecular weight is 469 g/mol. The fraction of sp³-hybridized carbons (Fsp3) is 0.280. The molecule has 0 bridgehead atoms. The zero-order valence-electron chi connectivity index (χ0n) is 19.2. The highest BCUT2D eigenvalue weighted by Gasteiger charge is 2.22. The van der Waals surface area contributed by atoms with Crippen LogP contribution in [0.1, 0.15) is 44.1 Å². The number of carbonyl (C=O) groups is 2. The average Bonchev–Trinajstić information content (AvgIpc) is 2.75. The Bertz CT molecular complexity index is 1210. The Morgan fingerprint density at radius 3 is 2.32 bits per heavy atom. The summed E-state index contributed by atoms with van der Waals surface area (Å²) in [6.07, 6.45) is 2.30. The van der Waals surface area contributed by atoms with Gasteiger partial charge in [-0.25, -0.2) is 13.6 Å². The van der Waals surface area contributed by atoms with Crippen LogP contribution in [0.15, 0.2) is 48.8 Å². The first-order chi connectivity index (χ1) is 16.0. The fourth-order valence-corrected chi connectivity index (χ4v) is 3.40. The van der Waals surface area contributed by atoms with E-state index in [1.54, 1.807) is 45.2 Å². The lowest BCUT2D eigenvalue weighted by atomic mass is 9.93. The van der Waals surface area contributed by atoms with Crippen molar-refractivity contribution in [3.8, 4) is 11.1 Å². The minimum Gasteiger partial charge on any atom is -0.444 e. The highest BCUT2D eigenvalue weighted by Crippen LogP contribution is 2.34. The van der Waals surface area contributed by atoms with Gasteiger partial charge < -0.3 is 10.5 Å². The van der Waals surface area contributed by atoms with Crippen LogP contribution in [0.3, 0.4) is 0 Å². The summed E-state index contributed by atoms with van der Waals surface area (Å²) in [4.78, 5) is 31.9. The molecule has 0 atom stereocenters. The van der Waals surface area contributed by atoms with Gasteiger partial charge in [0.2, 0.25) is 5.91 Å². The van der Waals surface area contributed by atoms with Crippen LogP contribution in [0.4, 0.5) is 19.3 Å². The van der Waals surface area contributed by atoms with Crippen molar-refractivity contribution in [2.24, 2.45) is 5.73 Å². The third-order valence-corrected chi connectivity index (χ3v) is 4.85. The SMILES string of the molecule is CC(C)(C)OC(=O)Nc1ccc(-c2cccnc2CCC(N)=O)c(Cc2ncccc2F)c1F. The lowest BCUT2D eigenvalue weighted by Gasteiger charge is -2.21. The second-order valence-corrected chi connectivity index (χ2v) is 8.65. The Kier molecular flexibility index (Phi) is 7.55. The van der Waals surface area contributed by atoms with Crippen molar-refractivity contribution in [3.63, 3.8) is 0 Å². The van der Waals surface area contributed by atoms with Gasteiger partial charge in [0.1, 0.15) is 11.4 Å². The number of pyridine rings is 2. The molecular formula is C25H26F2N4O3. The van der Waals surface area contributed by atoms with E-state index in [-0.39, 0.29) is 36.2 Å². The van der Waals surface area contributed by atoms with Crippen molar-refractivity contribution in [2.45, 2.75) is 45.6 Å². The zero-order valence-corrected chi connectivity index (χ0v) is 19.2. The number of ether oxygens (including phenoxy) is 1. The third-order valence-electron chi connectivity index (χ3n) is 4.85. The summed E-state index contributed by atoms with van der Waals surface area (Å²) in [6, 6.07) is 9.11. The van der Waals surface area contributed by atoms with Crippen LogP contribution in [0.5, 0.6) is 0 Å². The number of hydrogen-bond donors (Lipinski definition) is 2. The van der Waals surface area contributed by atoms with E-state index in [0.717, 1.165) is 0 Å². The summed E-state index contributed by atoms with van der Waals surface area (Å²) in [7, 11) is 0. The van der Waals surface area contributed by atoms with Gasteiger partial charge in [0.05, 0.1) is 11.4 Å². The van der Waals surface area contributed by atoms with E-state index in [0.29, 0.717) is 16.8 Å². The lowest BCUT2D eigenvalue weighted by Crippen LogP contribution is -2.27. The second kappa shape index (κ2) is 10.4. The molecule has 0 aliphatic carbocycles. The highest BCUT2D eigenvalue weighted by molar-refractivity contribution is 5.86. The molecular weight excluding hydrogens is 442 g/mol. The molecule has 7 nitrogen and oxygen atoms in total. The van der Waals surface area contributed by atoms with Gasteiger partial charge in [0, 0.05) is 42.1 Å². The van der Waals surface area contributed by atoms with E-state index < -0.39 is 29.2 Å². The third kappa shape index (κ3) is 6.34. The summed E-state index contributed by atoms with van der Waals surface area (Å²) in [6.45, 7) is 5.08. The van der Waals surface area contributed by atoms with Gasteiger partial charge in [-0.1, -0.05) is 12.1 Å². The molecule has 0 radical (unpaired) electrons. The number of anilines is 1. The van der Waals surface area contributed by atoms with Gasteiger partial charge in [-0.2, -0.15) is 0 Å². The molecule has 0 spiro atoms. The summed E-state index contributed by atoms with van der Waals surface area (Å²) < 4.78 is 35.4. The standard InChI is InChI=1S/C25H26F2N4O3/c1-25(2,3)34-24(33)31-20-9-8-15(16-6-4-12-29-19(16)10-11-22(28)32)17(23(20)27)14-21-18(26)7-5-13-30-21/h4-9,12-13H,10-11,14H2,1-3H3,(H2,28,32)(H,31,33). The molecule has 0 saturated heterocycles. The Labute approximate surface area is 196 Å². The predicted molar refractivity (Wildman–Crippen MR) is 124 cm³/mol. The van der Waals surface area contributed by atoms with Crippen LogP contribution < -0.4 is 11.1 Å². The number of hydrogen-bond acceptors (Lipinski definition) is 5. The lowest BCUT2D eigenvalue weighted by molar-refractivity contribution is -0.118. The van der Waals surface area contributed by atoms with Crippen molar-refractivity contribution in [2.75, 3.05) is 5.32 Å². The smallest absolute Gasteiger partial charge is 0.412 e. The molecule has 2 amide bonds. The minimum atomic E-state index is -0.822. The number of rotatable bonds is 7. The highest BCUT2D eigenvalue weighted by atomic mass is 19.1. The second-order valence-electron chi connectivity index (χ2n) is 8.65. The number of primary amides is 1. The predicted octanol–water partition coefficient (Wildman–Crippen LogP) is 4.78. The summed E-state index contributed by atoms with van der Waals surface area (Å²) in [5, 5.41) is 2.41. The number of halogens is 2. The van der Waals surface area contributed by atoms with Crippen LogP contribution >= 0.6 is 0 Å². The Morgan fingerprint density at radius 2 is 1.68 bits per heavy atom. The van der Waals surface area contributed by atoms with Gasteiger partial charge in [0.25, 0.3) is 0 Å². The molecule has 2 aromatic heterocycles. The van der Waals surface area contributed by atoms with E-state index in [1.165, 1.54) is 24.4 Å². The Hall–Kier alpha value is -3.88. The van der Waals surface area contributed by atoms with Crippen LogP contribution in [0.2, 0.25) is 0 Å². The fourth-order valence-electron chi connectivity index (χ4n) is 3.40. The van der Waals surface area contributed by atoms with Crippen LogP contribution in [-0.2, 0) is 22.4 Å². The molecule has 9 heteroatoms. The molecule has 2 heterocycles. The Morgan fingerprint density at radius 1 is 1.00 bits per heavy atom. The molecule has 0 fully saturated rings. The summed E-state index contributed by atoms with van der Waals surface area (Å²) in [5.41, 5.74) is 6.08. The van der Waals surface area contributed by atoms with E-state index in [2.05, 4.69) is 15.3 Å².